The van der Waals surface area contributed by atoms with Gasteiger partial charge in [0.2, 0.25) is 0 Å². The second kappa shape index (κ2) is 7.40. The molecule has 0 saturated heterocycles. The van der Waals surface area contributed by atoms with Gasteiger partial charge in [-0.15, -0.1) is 23.2 Å². The van der Waals surface area contributed by atoms with Gasteiger partial charge in [0.05, 0.1) is 11.8 Å². The second-order valence-corrected chi connectivity index (χ2v) is 8.97. The fourth-order valence-electron chi connectivity index (χ4n) is 3.37. The Morgan fingerprint density at radius 2 is 1.17 bits per heavy atom. The molecule has 2 rings (SSSR count). The van der Waals surface area contributed by atoms with Crippen molar-refractivity contribution < 1.29 is 26.3 Å². The molecule has 0 aromatic carbocycles. The van der Waals surface area contributed by atoms with Gasteiger partial charge in [-0.25, -0.2) is 0 Å². The second-order valence-electron chi connectivity index (χ2n) is 6.37. The highest BCUT2D eigenvalue weighted by Gasteiger charge is 2.52. The maximum absolute atomic E-state index is 13.0. The molecule has 2 saturated carbocycles. The lowest BCUT2D eigenvalue weighted by Crippen LogP contribution is -2.41. The average Bonchev–Trinajstić information content (AvgIpc) is 2.41. The first-order valence-electron chi connectivity index (χ1n) is 7.55. The first kappa shape index (κ1) is 19.8. The number of hydrogen-bond acceptors (Lipinski definition) is 1. The summed E-state index contributed by atoms with van der Waals surface area (Å²) in [5, 5.41) is -1.61. The van der Waals surface area contributed by atoms with E-state index in [0.717, 1.165) is 18.2 Å². The van der Waals surface area contributed by atoms with E-state index in [-0.39, 0.29) is 28.8 Å². The number of alkyl halides is 8. The lowest BCUT2D eigenvalue weighted by atomic mass is 9.80. The van der Waals surface area contributed by atoms with Gasteiger partial charge in [0.15, 0.2) is 0 Å². The molecule has 2 fully saturated rings. The summed E-state index contributed by atoms with van der Waals surface area (Å²) in [6.07, 6.45) is -8.42. The lowest BCUT2D eigenvalue weighted by Gasteiger charge is -2.40. The third-order valence-electron chi connectivity index (χ3n) is 4.61. The molecule has 9 heteroatoms. The van der Waals surface area contributed by atoms with Crippen LogP contribution >= 0.6 is 35.0 Å². The smallest absolute Gasteiger partial charge is 0.171 e. The quantitative estimate of drug-likeness (QED) is 0.380. The van der Waals surface area contributed by atoms with Gasteiger partial charge in [-0.3, -0.25) is 0 Å². The fourth-order valence-corrected chi connectivity index (χ4v) is 6.20. The van der Waals surface area contributed by atoms with E-state index in [9.17, 15) is 26.3 Å². The number of halogens is 8. The van der Waals surface area contributed by atoms with Crippen molar-refractivity contribution in [2.45, 2.75) is 72.1 Å². The molecule has 0 spiro atoms. The van der Waals surface area contributed by atoms with Crippen LogP contribution < -0.4 is 0 Å². The SMILES string of the molecule is FC(F)(F)C1CC(SC2C(Cl)CCCC2Cl)CC(C(F)(F)F)C1. The molecular formula is C14H18Cl2F6S. The minimum atomic E-state index is -4.60. The summed E-state index contributed by atoms with van der Waals surface area (Å²) in [6, 6.07) is 0. The van der Waals surface area contributed by atoms with Gasteiger partial charge >= 0.3 is 12.4 Å². The molecule has 0 aliphatic heterocycles. The summed E-state index contributed by atoms with van der Waals surface area (Å²) in [6.45, 7) is 0. The molecule has 0 amide bonds. The van der Waals surface area contributed by atoms with E-state index >= 15 is 0 Å². The minimum Gasteiger partial charge on any atom is -0.171 e. The zero-order valence-electron chi connectivity index (χ0n) is 12.1. The van der Waals surface area contributed by atoms with E-state index in [2.05, 4.69) is 0 Å². The molecule has 136 valence electrons. The van der Waals surface area contributed by atoms with Crippen molar-refractivity contribution in [1.29, 1.82) is 0 Å². The van der Waals surface area contributed by atoms with Crippen molar-refractivity contribution >= 4 is 35.0 Å². The molecule has 4 unspecified atom stereocenters. The molecule has 0 bridgehead atoms. The molecule has 2 aliphatic rings. The van der Waals surface area contributed by atoms with E-state index in [1.807, 2.05) is 0 Å². The van der Waals surface area contributed by atoms with Gasteiger partial charge < -0.3 is 0 Å². The van der Waals surface area contributed by atoms with Crippen molar-refractivity contribution in [1.82, 2.24) is 0 Å². The van der Waals surface area contributed by atoms with Crippen molar-refractivity contribution in [2.24, 2.45) is 11.8 Å². The molecule has 0 heterocycles. The average molecular weight is 403 g/mol. The molecule has 2 aliphatic carbocycles. The predicted octanol–water partition coefficient (Wildman–Crippen LogP) is 6.40. The van der Waals surface area contributed by atoms with Crippen LogP contribution in [0.25, 0.3) is 0 Å². The van der Waals surface area contributed by atoms with E-state index < -0.39 is 35.9 Å². The monoisotopic (exact) mass is 402 g/mol. The van der Waals surface area contributed by atoms with Crippen LogP contribution in [-0.4, -0.2) is 33.6 Å². The van der Waals surface area contributed by atoms with Gasteiger partial charge in [-0.2, -0.15) is 38.1 Å². The van der Waals surface area contributed by atoms with Crippen molar-refractivity contribution in [3.63, 3.8) is 0 Å². The van der Waals surface area contributed by atoms with Crippen LogP contribution in [-0.2, 0) is 0 Å². The van der Waals surface area contributed by atoms with E-state index in [4.69, 9.17) is 23.2 Å². The first-order chi connectivity index (χ1) is 10.5. The summed E-state index contributed by atoms with van der Waals surface area (Å²) in [5.41, 5.74) is 0. The predicted molar refractivity (Wildman–Crippen MR) is 81.2 cm³/mol. The van der Waals surface area contributed by atoms with Gasteiger partial charge in [0.1, 0.15) is 0 Å². The van der Waals surface area contributed by atoms with Gasteiger partial charge in [-0.1, -0.05) is 6.42 Å². The van der Waals surface area contributed by atoms with Crippen LogP contribution in [0.4, 0.5) is 26.3 Å². The Morgan fingerprint density at radius 3 is 1.57 bits per heavy atom. The summed E-state index contributed by atoms with van der Waals surface area (Å²) < 4.78 is 77.9. The fraction of sp³-hybridized carbons (Fsp3) is 1.00. The zero-order valence-corrected chi connectivity index (χ0v) is 14.5. The molecule has 0 aromatic heterocycles. The highest BCUT2D eigenvalue weighted by Crippen LogP contribution is 2.50. The lowest BCUT2D eigenvalue weighted by molar-refractivity contribution is -0.221. The normalized spacial score (nSPS) is 40.2. The molecule has 0 radical (unpaired) electrons. The van der Waals surface area contributed by atoms with Crippen LogP contribution in [0, 0.1) is 11.8 Å². The van der Waals surface area contributed by atoms with Crippen molar-refractivity contribution in [2.75, 3.05) is 0 Å². The molecule has 0 aromatic rings. The zero-order chi connectivity index (χ0) is 17.4. The minimum absolute atomic E-state index is 0.287. The number of hydrogen-bond donors (Lipinski definition) is 0. The van der Waals surface area contributed by atoms with E-state index in [0.29, 0.717) is 12.8 Å². The maximum atomic E-state index is 13.0. The van der Waals surface area contributed by atoms with Crippen LogP contribution in [0.3, 0.4) is 0 Å². The topological polar surface area (TPSA) is 0 Å². The Hall–Kier alpha value is 0.510. The van der Waals surface area contributed by atoms with E-state index in [1.54, 1.807) is 0 Å². The molecule has 0 nitrogen and oxygen atoms in total. The molecule has 4 atom stereocenters. The van der Waals surface area contributed by atoms with Crippen molar-refractivity contribution in [3.8, 4) is 0 Å². The van der Waals surface area contributed by atoms with Gasteiger partial charge in [0, 0.05) is 21.3 Å². The Morgan fingerprint density at radius 1 is 0.739 bits per heavy atom. The third kappa shape index (κ3) is 5.24. The standard InChI is InChI=1S/C14H18Cl2F6S/c15-10-2-1-3-11(16)12(10)23-9-5-7(13(17,18)19)4-8(6-9)14(20,21)22/h7-12H,1-6H2. The Balaban J connectivity index is 2.10. The largest absolute Gasteiger partial charge is 0.391 e. The molecular weight excluding hydrogens is 385 g/mol. The van der Waals surface area contributed by atoms with Crippen molar-refractivity contribution in [3.05, 3.63) is 0 Å². The summed E-state index contributed by atoms with van der Waals surface area (Å²) in [4.78, 5) is 0. The number of thioether (sulfide) groups is 1. The molecule has 23 heavy (non-hydrogen) atoms. The summed E-state index contributed by atoms with van der Waals surface area (Å²) in [5.74, 6) is -3.82. The van der Waals surface area contributed by atoms with Crippen LogP contribution in [0.15, 0.2) is 0 Å². The molecule has 0 N–H and O–H groups in total. The Labute approximate surface area is 145 Å². The highest BCUT2D eigenvalue weighted by atomic mass is 35.5. The summed E-state index contributed by atoms with van der Waals surface area (Å²) >= 11 is 13.5. The van der Waals surface area contributed by atoms with E-state index in [1.165, 1.54) is 0 Å². The highest BCUT2D eigenvalue weighted by molar-refractivity contribution is 8.00. The van der Waals surface area contributed by atoms with Gasteiger partial charge in [0.25, 0.3) is 0 Å². The Bertz CT molecular complexity index is 368. The first-order valence-corrected chi connectivity index (χ1v) is 9.37. The number of rotatable bonds is 2. The van der Waals surface area contributed by atoms with Crippen LogP contribution in [0.2, 0.25) is 0 Å². The summed E-state index contributed by atoms with van der Waals surface area (Å²) in [7, 11) is 0. The third-order valence-corrected chi connectivity index (χ3v) is 7.63. The van der Waals surface area contributed by atoms with Gasteiger partial charge in [-0.05, 0) is 32.1 Å². The maximum Gasteiger partial charge on any atom is 0.391 e. The van der Waals surface area contributed by atoms with Crippen LogP contribution in [0.1, 0.15) is 38.5 Å². The Kier molecular flexibility index (Phi) is 6.38. The van der Waals surface area contributed by atoms with Crippen LogP contribution in [0.5, 0.6) is 0 Å².